The van der Waals surface area contributed by atoms with Gasteiger partial charge in [-0.25, -0.2) is 9.07 Å². The highest BCUT2D eigenvalue weighted by atomic mass is 19.1. The van der Waals surface area contributed by atoms with Crippen LogP contribution in [0.4, 0.5) is 4.39 Å². The summed E-state index contributed by atoms with van der Waals surface area (Å²) >= 11 is 0. The van der Waals surface area contributed by atoms with E-state index in [1.807, 2.05) is 30.3 Å². The molecule has 1 unspecified atom stereocenters. The molecule has 3 aromatic rings. The maximum Gasteiger partial charge on any atom is 0.267 e. The van der Waals surface area contributed by atoms with Crippen LogP contribution in [0.3, 0.4) is 0 Å². The number of fused-ring (bicyclic) bond motifs is 2. The van der Waals surface area contributed by atoms with E-state index in [0.717, 1.165) is 30.5 Å². The fourth-order valence-corrected chi connectivity index (χ4v) is 5.18. The van der Waals surface area contributed by atoms with E-state index in [9.17, 15) is 14.0 Å². The molecule has 6 heteroatoms. The predicted molar refractivity (Wildman–Crippen MR) is 116 cm³/mol. The molecular weight excluding hydrogens is 393 g/mol. The van der Waals surface area contributed by atoms with Gasteiger partial charge in [0.15, 0.2) is 0 Å². The number of rotatable bonds is 3. The minimum atomic E-state index is -0.492. The number of piperidine rings is 1. The van der Waals surface area contributed by atoms with E-state index in [0.29, 0.717) is 13.1 Å². The third kappa shape index (κ3) is 3.67. The molecule has 1 saturated carbocycles. The number of carbonyl (C=O) groups excluding carboxylic acids is 1. The quantitative estimate of drug-likeness (QED) is 0.643. The van der Waals surface area contributed by atoms with Gasteiger partial charge in [0, 0.05) is 24.7 Å². The molecule has 0 radical (unpaired) electrons. The van der Waals surface area contributed by atoms with Gasteiger partial charge in [0.1, 0.15) is 5.82 Å². The molecule has 1 aromatic heterocycles. The summed E-state index contributed by atoms with van der Waals surface area (Å²) in [4.78, 5) is 27.5. The van der Waals surface area contributed by atoms with Crippen molar-refractivity contribution >= 4 is 5.91 Å². The number of aromatic nitrogens is 2. The smallest absolute Gasteiger partial charge is 0.267 e. The second-order valence-corrected chi connectivity index (χ2v) is 8.50. The zero-order valence-electron chi connectivity index (χ0n) is 17.2. The summed E-state index contributed by atoms with van der Waals surface area (Å²) in [5.74, 6) is -0.515. The van der Waals surface area contributed by atoms with Crippen LogP contribution in [0.1, 0.15) is 35.7 Å². The van der Waals surface area contributed by atoms with E-state index >= 15 is 0 Å². The van der Waals surface area contributed by atoms with Gasteiger partial charge >= 0.3 is 0 Å². The lowest BCUT2D eigenvalue weighted by molar-refractivity contribution is 0.0193. The molecular formula is C25H24FN3O2. The SMILES string of the molecule is O=C(c1ccccc1F)N1C[C@H]2CCC[C@@H](C1)C2n1nc(-c2ccccc2)ccc1=O. The molecule has 0 spiro atoms. The summed E-state index contributed by atoms with van der Waals surface area (Å²) in [6.07, 6.45) is 2.92. The Balaban J connectivity index is 1.46. The Hall–Kier alpha value is -3.28. The van der Waals surface area contributed by atoms with E-state index in [4.69, 9.17) is 5.10 Å². The molecule has 0 N–H and O–H groups in total. The largest absolute Gasteiger partial charge is 0.338 e. The second-order valence-electron chi connectivity index (χ2n) is 8.50. The van der Waals surface area contributed by atoms with Crippen molar-refractivity contribution in [2.45, 2.75) is 25.3 Å². The van der Waals surface area contributed by atoms with Crippen LogP contribution in [0.5, 0.6) is 0 Å². The van der Waals surface area contributed by atoms with Gasteiger partial charge in [-0.1, -0.05) is 48.9 Å². The summed E-state index contributed by atoms with van der Waals surface area (Å²) in [6, 6.07) is 19.2. The Bertz CT molecular complexity index is 1150. The molecule has 1 aliphatic carbocycles. The lowest BCUT2D eigenvalue weighted by Crippen LogP contribution is -2.53. The molecule has 1 aliphatic heterocycles. The van der Waals surface area contributed by atoms with Crippen LogP contribution in [0.25, 0.3) is 11.3 Å². The Labute approximate surface area is 180 Å². The van der Waals surface area contributed by atoms with Crippen molar-refractivity contribution in [3.05, 3.63) is 88.5 Å². The molecule has 3 atom stereocenters. The number of carbonyl (C=O) groups is 1. The molecule has 1 amide bonds. The molecule has 158 valence electrons. The molecule has 5 nitrogen and oxygen atoms in total. The van der Waals surface area contributed by atoms with Gasteiger partial charge in [-0.2, -0.15) is 5.10 Å². The Morgan fingerprint density at radius 2 is 1.58 bits per heavy atom. The van der Waals surface area contributed by atoms with Crippen LogP contribution in [-0.4, -0.2) is 33.7 Å². The van der Waals surface area contributed by atoms with Gasteiger partial charge < -0.3 is 4.90 Å². The van der Waals surface area contributed by atoms with Crippen molar-refractivity contribution in [1.82, 2.24) is 14.7 Å². The second kappa shape index (κ2) is 8.10. The molecule has 5 rings (SSSR count). The molecule has 2 fully saturated rings. The summed E-state index contributed by atoms with van der Waals surface area (Å²) in [6.45, 7) is 1.02. The Morgan fingerprint density at radius 1 is 0.903 bits per heavy atom. The number of nitrogens with zero attached hydrogens (tertiary/aromatic N) is 3. The van der Waals surface area contributed by atoms with Crippen molar-refractivity contribution < 1.29 is 9.18 Å². The summed E-state index contributed by atoms with van der Waals surface area (Å²) < 4.78 is 15.8. The van der Waals surface area contributed by atoms with E-state index in [2.05, 4.69) is 0 Å². The van der Waals surface area contributed by atoms with E-state index in [1.54, 1.807) is 33.8 Å². The number of halogens is 1. The van der Waals surface area contributed by atoms with Crippen molar-refractivity contribution in [3.8, 4) is 11.3 Å². The van der Waals surface area contributed by atoms with Crippen LogP contribution in [0, 0.1) is 17.7 Å². The van der Waals surface area contributed by atoms with Crippen LogP contribution in [0.15, 0.2) is 71.5 Å². The summed E-state index contributed by atoms with van der Waals surface area (Å²) in [5, 5.41) is 4.73. The fraction of sp³-hybridized carbons (Fsp3) is 0.320. The van der Waals surface area contributed by atoms with Gasteiger partial charge in [0.05, 0.1) is 17.3 Å². The van der Waals surface area contributed by atoms with Gasteiger partial charge in [-0.3, -0.25) is 9.59 Å². The first-order chi connectivity index (χ1) is 15.1. The lowest BCUT2D eigenvalue weighted by atomic mass is 9.73. The van der Waals surface area contributed by atoms with Gasteiger partial charge in [-0.15, -0.1) is 0 Å². The Morgan fingerprint density at radius 3 is 2.29 bits per heavy atom. The molecule has 2 aromatic carbocycles. The highest BCUT2D eigenvalue weighted by Gasteiger charge is 2.43. The van der Waals surface area contributed by atoms with Crippen molar-refractivity contribution in [1.29, 1.82) is 0 Å². The van der Waals surface area contributed by atoms with Crippen LogP contribution in [-0.2, 0) is 0 Å². The lowest BCUT2D eigenvalue weighted by Gasteiger charge is -2.47. The molecule has 2 heterocycles. The predicted octanol–water partition coefficient (Wildman–Crippen LogP) is 4.16. The van der Waals surface area contributed by atoms with Gasteiger partial charge in [0.2, 0.25) is 0 Å². The van der Waals surface area contributed by atoms with Crippen LogP contribution < -0.4 is 5.56 Å². The minimum Gasteiger partial charge on any atom is -0.338 e. The zero-order chi connectivity index (χ0) is 21.4. The van der Waals surface area contributed by atoms with Crippen LogP contribution >= 0.6 is 0 Å². The number of hydrogen-bond acceptors (Lipinski definition) is 3. The van der Waals surface area contributed by atoms with Crippen molar-refractivity contribution in [3.63, 3.8) is 0 Å². The normalized spacial score (nSPS) is 22.9. The van der Waals surface area contributed by atoms with Crippen molar-refractivity contribution in [2.24, 2.45) is 11.8 Å². The van der Waals surface area contributed by atoms with E-state index in [-0.39, 0.29) is 34.9 Å². The third-order valence-electron chi connectivity index (χ3n) is 6.59. The average Bonchev–Trinajstić information content (AvgIpc) is 2.79. The molecule has 1 saturated heterocycles. The number of hydrogen-bond donors (Lipinski definition) is 0. The maximum atomic E-state index is 14.2. The molecule has 2 bridgehead atoms. The Kier molecular flexibility index (Phi) is 5.14. The van der Waals surface area contributed by atoms with E-state index in [1.165, 1.54) is 12.1 Å². The number of likely N-dealkylation sites (tertiary alicyclic amines) is 1. The zero-order valence-corrected chi connectivity index (χ0v) is 17.2. The minimum absolute atomic E-state index is 0.0467. The van der Waals surface area contributed by atoms with Crippen molar-refractivity contribution in [2.75, 3.05) is 13.1 Å². The number of benzene rings is 2. The topological polar surface area (TPSA) is 55.2 Å². The van der Waals surface area contributed by atoms with E-state index < -0.39 is 5.82 Å². The summed E-state index contributed by atoms with van der Waals surface area (Å²) in [7, 11) is 0. The molecule has 31 heavy (non-hydrogen) atoms. The maximum absolute atomic E-state index is 14.2. The number of amides is 1. The standard InChI is InChI=1S/C25H24FN3O2/c26-21-12-5-4-11-20(21)25(31)28-15-18-9-6-10-19(16-28)24(18)29-23(30)14-13-22(27-29)17-7-2-1-3-8-17/h1-5,7-8,11-14,18-19,24H,6,9-10,15-16H2/t18-,19+,24?. The van der Waals surface area contributed by atoms with Crippen LogP contribution in [0.2, 0.25) is 0 Å². The highest BCUT2D eigenvalue weighted by Crippen LogP contribution is 2.42. The third-order valence-corrected chi connectivity index (χ3v) is 6.59. The first-order valence-corrected chi connectivity index (χ1v) is 10.8. The monoisotopic (exact) mass is 417 g/mol. The summed E-state index contributed by atoms with van der Waals surface area (Å²) in [5.41, 5.74) is 1.73. The first kappa shape index (κ1) is 19.7. The van der Waals surface area contributed by atoms with Gasteiger partial charge in [-0.05, 0) is 42.9 Å². The average molecular weight is 417 g/mol. The fourth-order valence-electron chi connectivity index (χ4n) is 5.18. The molecule has 2 aliphatic rings. The highest BCUT2D eigenvalue weighted by molar-refractivity contribution is 5.94. The first-order valence-electron chi connectivity index (χ1n) is 10.8. The van der Waals surface area contributed by atoms with Gasteiger partial charge in [0.25, 0.3) is 11.5 Å².